The predicted molar refractivity (Wildman–Crippen MR) is 59.6 cm³/mol. The Hall–Kier alpha value is -1.49. The molecular formula is C12H15F2NO2. The van der Waals surface area contributed by atoms with Gasteiger partial charge in [0.2, 0.25) is 0 Å². The van der Waals surface area contributed by atoms with Gasteiger partial charge in [-0.1, -0.05) is 0 Å². The number of halogens is 2. The van der Waals surface area contributed by atoms with Crippen LogP contribution in [0.5, 0.6) is 0 Å². The normalized spacial score (nSPS) is 14.2. The monoisotopic (exact) mass is 243 g/mol. The van der Waals surface area contributed by atoms with Crippen molar-refractivity contribution in [3.8, 4) is 0 Å². The molecule has 2 unspecified atom stereocenters. The molecule has 0 heterocycles. The zero-order valence-electron chi connectivity index (χ0n) is 9.71. The third kappa shape index (κ3) is 4.11. The summed E-state index contributed by atoms with van der Waals surface area (Å²) in [6.45, 7) is 3.30. The van der Waals surface area contributed by atoms with Gasteiger partial charge in [0.15, 0.2) is 0 Å². The Balaban J connectivity index is 2.70. The van der Waals surface area contributed by atoms with Crippen molar-refractivity contribution < 1.29 is 18.7 Å². The molecule has 0 saturated heterocycles. The first kappa shape index (κ1) is 13.6. The highest BCUT2D eigenvalue weighted by atomic mass is 19.1. The molecule has 0 spiro atoms. The Kier molecular flexibility index (Phi) is 4.57. The van der Waals surface area contributed by atoms with Gasteiger partial charge in [0.1, 0.15) is 11.6 Å². The van der Waals surface area contributed by atoms with Gasteiger partial charge in [-0.05, 0) is 32.4 Å². The lowest BCUT2D eigenvalue weighted by Gasteiger charge is -2.15. The average molecular weight is 243 g/mol. The number of nitrogens with one attached hydrogen (secondary N) is 1. The Labute approximate surface area is 98.5 Å². The number of benzene rings is 1. The van der Waals surface area contributed by atoms with Gasteiger partial charge in [0.25, 0.3) is 5.91 Å². The molecule has 17 heavy (non-hydrogen) atoms. The second-order valence-corrected chi connectivity index (χ2v) is 4.08. The lowest BCUT2D eigenvalue weighted by atomic mass is 10.1. The van der Waals surface area contributed by atoms with Crippen molar-refractivity contribution in [2.24, 2.45) is 0 Å². The fourth-order valence-corrected chi connectivity index (χ4v) is 1.55. The molecule has 0 aliphatic heterocycles. The maximum absolute atomic E-state index is 13.3. The lowest BCUT2D eigenvalue weighted by molar-refractivity contribution is 0.0919. The molecule has 0 aromatic heterocycles. The summed E-state index contributed by atoms with van der Waals surface area (Å²) in [6, 6.07) is 2.49. The van der Waals surface area contributed by atoms with Gasteiger partial charge in [-0.25, -0.2) is 8.78 Å². The van der Waals surface area contributed by atoms with Crippen molar-refractivity contribution in [2.75, 3.05) is 0 Å². The molecule has 1 aromatic carbocycles. The van der Waals surface area contributed by atoms with E-state index >= 15 is 0 Å². The highest BCUT2D eigenvalue weighted by Gasteiger charge is 2.15. The number of amides is 1. The summed E-state index contributed by atoms with van der Waals surface area (Å²) in [5, 5.41) is 11.6. The number of hydrogen-bond donors (Lipinski definition) is 2. The molecule has 94 valence electrons. The summed E-state index contributed by atoms with van der Waals surface area (Å²) < 4.78 is 25.9. The van der Waals surface area contributed by atoms with E-state index in [0.29, 0.717) is 12.5 Å². The first-order valence-electron chi connectivity index (χ1n) is 5.34. The molecule has 3 nitrogen and oxygen atoms in total. The fourth-order valence-electron chi connectivity index (χ4n) is 1.55. The lowest BCUT2D eigenvalue weighted by Crippen LogP contribution is -2.35. The third-order valence-electron chi connectivity index (χ3n) is 2.25. The van der Waals surface area contributed by atoms with Gasteiger partial charge >= 0.3 is 0 Å². The van der Waals surface area contributed by atoms with E-state index in [1.165, 1.54) is 0 Å². The standard InChI is InChI=1S/C12H15F2NO2/c1-7(5-8(2)16)15-12(17)10-4-3-9(13)6-11(10)14/h3-4,6-8,16H,5H2,1-2H3,(H,15,17). The summed E-state index contributed by atoms with van der Waals surface area (Å²) in [5.74, 6) is -2.24. The van der Waals surface area contributed by atoms with Crippen LogP contribution in [0.15, 0.2) is 18.2 Å². The van der Waals surface area contributed by atoms with Crippen molar-refractivity contribution in [2.45, 2.75) is 32.4 Å². The van der Waals surface area contributed by atoms with Crippen molar-refractivity contribution >= 4 is 5.91 Å². The molecule has 1 amide bonds. The van der Waals surface area contributed by atoms with E-state index in [1.807, 2.05) is 0 Å². The van der Waals surface area contributed by atoms with Crippen LogP contribution in [0.4, 0.5) is 8.78 Å². The van der Waals surface area contributed by atoms with Gasteiger partial charge in [0.05, 0.1) is 11.7 Å². The number of aliphatic hydroxyl groups is 1. The molecular weight excluding hydrogens is 228 g/mol. The quantitative estimate of drug-likeness (QED) is 0.848. The van der Waals surface area contributed by atoms with Gasteiger partial charge in [-0.2, -0.15) is 0 Å². The molecule has 5 heteroatoms. The van der Waals surface area contributed by atoms with E-state index in [-0.39, 0.29) is 11.6 Å². The van der Waals surface area contributed by atoms with Crippen LogP contribution < -0.4 is 5.32 Å². The topological polar surface area (TPSA) is 49.3 Å². The first-order valence-corrected chi connectivity index (χ1v) is 5.34. The van der Waals surface area contributed by atoms with Gasteiger partial charge in [0, 0.05) is 12.1 Å². The molecule has 0 aliphatic carbocycles. The zero-order valence-corrected chi connectivity index (χ0v) is 9.71. The maximum Gasteiger partial charge on any atom is 0.254 e. The summed E-state index contributed by atoms with van der Waals surface area (Å²) in [6.07, 6.45) is -0.183. The number of rotatable bonds is 4. The first-order chi connectivity index (χ1) is 7.90. The largest absolute Gasteiger partial charge is 0.393 e. The Morgan fingerprint density at radius 1 is 1.41 bits per heavy atom. The number of aliphatic hydroxyl groups excluding tert-OH is 1. The number of hydrogen-bond acceptors (Lipinski definition) is 2. The van der Waals surface area contributed by atoms with Crippen LogP contribution in [0.3, 0.4) is 0 Å². The minimum Gasteiger partial charge on any atom is -0.393 e. The van der Waals surface area contributed by atoms with Crippen molar-refractivity contribution in [3.63, 3.8) is 0 Å². The SMILES string of the molecule is CC(O)CC(C)NC(=O)c1ccc(F)cc1F. The van der Waals surface area contributed by atoms with E-state index in [1.54, 1.807) is 13.8 Å². The highest BCUT2D eigenvalue weighted by Crippen LogP contribution is 2.10. The molecule has 1 rings (SSSR count). The fraction of sp³-hybridized carbons (Fsp3) is 0.417. The molecule has 2 N–H and O–H groups in total. The molecule has 1 aromatic rings. The van der Waals surface area contributed by atoms with Crippen LogP contribution in [0.2, 0.25) is 0 Å². The minimum absolute atomic E-state index is 0.205. The van der Waals surface area contributed by atoms with Gasteiger partial charge in [-0.3, -0.25) is 4.79 Å². The molecule has 0 aliphatic rings. The molecule has 0 saturated carbocycles. The second kappa shape index (κ2) is 5.72. The summed E-state index contributed by atoms with van der Waals surface area (Å²) in [4.78, 5) is 11.6. The van der Waals surface area contributed by atoms with E-state index in [4.69, 9.17) is 5.11 Å². The van der Waals surface area contributed by atoms with Crippen LogP contribution in [-0.2, 0) is 0 Å². The molecule has 0 radical (unpaired) electrons. The Morgan fingerprint density at radius 2 is 2.06 bits per heavy atom. The van der Waals surface area contributed by atoms with Crippen molar-refractivity contribution in [1.29, 1.82) is 0 Å². The summed E-state index contributed by atoms with van der Waals surface area (Å²) >= 11 is 0. The zero-order chi connectivity index (χ0) is 13.0. The van der Waals surface area contributed by atoms with E-state index in [0.717, 1.165) is 12.1 Å². The molecule has 0 bridgehead atoms. The average Bonchev–Trinajstić information content (AvgIpc) is 2.15. The Bertz CT molecular complexity index is 407. The van der Waals surface area contributed by atoms with E-state index < -0.39 is 23.6 Å². The van der Waals surface area contributed by atoms with Crippen LogP contribution in [0, 0.1) is 11.6 Å². The highest BCUT2D eigenvalue weighted by molar-refractivity contribution is 5.94. The Morgan fingerprint density at radius 3 is 2.59 bits per heavy atom. The summed E-state index contributed by atoms with van der Waals surface area (Å²) in [7, 11) is 0. The van der Waals surface area contributed by atoms with Crippen LogP contribution in [-0.4, -0.2) is 23.2 Å². The summed E-state index contributed by atoms with van der Waals surface area (Å²) in [5.41, 5.74) is -0.205. The predicted octanol–water partition coefficient (Wildman–Crippen LogP) is 1.85. The van der Waals surface area contributed by atoms with Crippen LogP contribution >= 0.6 is 0 Å². The van der Waals surface area contributed by atoms with Crippen molar-refractivity contribution in [1.82, 2.24) is 5.32 Å². The van der Waals surface area contributed by atoms with Gasteiger partial charge in [-0.15, -0.1) is 0 Å². The maximum atomic E-state index is 13.3. The van der Waals surface area contributed by atoms with E-state index in [2.05, 4.69) is 5.32 Å². The second-order valence-electron chi connectivity index (χ2n) is 4.08. The van der Waals surface area contributed by atoms with Gasteiger partial charge < -0.3 is 10.4 Å². The van der Waals surface area contributed by atoms with Crippen molar-refractivity contribution in [3.05, 3.63) is 35.4 Å². The number of carbonyl (C=O) groups excluding carboxylic acids is 1. The van der Waals surface area contributed by atoms with E-state index in [9.17, 15) is 13.6 Å². The van der Waals surface area contributed by atoms with Crippen LogP contribution in [0.1, 0.15) is 30.6 Å². The number of carbonyl (C=O) groups is 1. The molecule has 0 fully saturated rings. The third-order valence-corrected chi connectivity index (χ3v) is 2.25. The smallest absolute Gasteiger partial charge is 0.254 e. The molecule has 2 atom stereocenters. The van der Waals surface area contributed by atoms with Crippen LogP contribution in [0.25, 0.3) is 0 Å². The minimum atomic E-state index is -0.897.